The normalized spacial score (nSPS) is 30.5. The van der Waals surface area contributed by atoms with Gasteiger partial charge < -0.3 is 14.6 Å². The summed E-state index contributed by atoms with van der Waals surface area (Å²) >= 11 is 0. The Morgan fingerprint density at radius 3 is 2.84 bits per heavy atom. The quantitative estimate of drug-likeness (QED) is 0.885. The average molecular weight is 262 g/mol. The summed E-state index contributed by atoms with van der Waals surface area (Å²) in [6.45, 7) is 0.975. The third-order valence-electron chi connectivity index (χ3n) is 4.60. The van der Waals surface area contributed by atoms with Crippen molar-refractivity contribution in [1.29, 1.82) is 0 Å². The second-order valence-electron chi connectivity index (χ2n) is 5.89. The molecular weight excluding hydrogens is 240 g/mol. The van der Waals surface area contributed by atoms with Crippen LogP contribution in [0.2, 0.25) is 0 Å². The van der Waals surface area contributed by atoms with Crippen LogP contribution in [0.25, 0.3) is 0 Å². The molecule has 0 aromatic heterocycles. The van der Waals surface area contributed by atoms with E-state index in [0.717, 1.165) is 25.2 Å². The van der Waals surface area contributed by atoms with E-state index in [2.05, 4.69) is 6.07 Å². The molecule has 2 atom stereocenters. The van der Waals surface area contributed by atoms with Crippen molar-refractivity contribution in [2.45, 2.75) is 31.8 Å². The van der Waals surface area contributed by atoms with Gasteiger partial charge >= 0.3 is 0 Å². The van der Waals surface area contributed by atoms with Crippen LogP contribution in [0.5, 0.6) is 5.75 Å². The molecule has 3 rings (SSSR count). The van der Waals surface area contributed by atoms with E-state index in [9.17, 15) is 5.11 Å². The van der Waals surface area contributed by atoms with Crippen LogP contribution in [0.4, 0.5) is 0 Å². The summed E-state index contributed by atoms with van der Waals surface area (Å²) in [5, 5.41) is 9.97. The van der Waals surface area contributed by atoms with Gasteiger partial charge in [-0.1, -0.05) is 18.2 Å². The Kier molecular flexibility index (Phi) is 3.50. The van der Waals surface area contributed by atoms with Gasteiger partial charge in [0.1, 0.15) is 5.75 Å². The van der Waals surface area contributed by atoms with Crippen LogP contribution in [0.1, 0.15) is 24.8 Å². The molecule has 1 aliphatic heterocycles. The van der Waals surface area contributed by atoms with E-state index >= 15 is 0 Å². The Morgan fingerprint density at radius 1 is 1.37 bits per heavy atom. The summed E-state index contributed by atoms with van der Waals surface area (Å²) in [6, 6.07) is 8.10. The van der Waals surface area contributed by atoms with Gasteiger partial charge in [-0.2, -0.15) is 0 Å². The summed E-state index contributed by atoms with van der Waals surface area (Å²) in [6.07, 6.45) is 4.51. The Bertz CT molecular complexity index is 441. The molecule has 2 aliphatic rings. The van der Waals surface area contributed by atoms with Crippen LogP contribution >= 0.6 is 0 Å². The molecule has 2 unspecified atom stereocenters. The maximum atomic E-state index is 9.97. The Hall–Kier alpha value is -1.06. The molecule has 1 saturated heterocycles. The zero-order valence-corrected chi connectivity index (χ0v) is 11.5. The predicted octanol–water partition coefficient (Wildman–Crippen LogP) is 2.42. The fraction of sp³-hybridized carbons (Fsp3) is 0.625. The summed E-state index contributed by atoms with van der Waals surface area (Å²) in [5.41, 5.74) is 1.06. The van der Waals surface area contributed by atoms with Gasteiger partial charge in [0.25, 0.3) is 0 Å². The molecule has 3 heteroatoms. The number of hydrogen-bond donors (Lipinski definition) is 1. The highest BCUT2D eigenvalue weighted by Crippen LogP contribution is 2.49. The zero-order valence-electron chi connectivity index (χ0n) is 11.5. The molecule has 1 aliphatic carbocycles. The summed E-state index contributed by atoms with van der Waals surface area (Å²) < 4.78 is 11.4. The zero-order chi connectivity index (χ0) is 13.3. The number of aliphatic hydroxyl groups excluding tert-OH is 1. The van der Waals surface area contributed by atoms with Gasteiger partial charge in [0.15, 0.2) is 0 Å². The first-order valence-corrected chi connectivity index (χ1v) is 7.13. The maximum Gasteiger partial charge on any atom is 0.122 e. The van der Waals surface area contributed by atoms with E-state index in [1.807, 2.05) is 18.2 Å². The lowest BCUT2D eigenvalue weighted by molar-refractivity contribution is 0.000353. The number of benzene rings is 1. The molecular formula is C16H22O3. The van der Waals surface area contributed by atoms with Crippen molar-refractivity contribution in [2.24, 2.45) is 11.3 Å². The molecule has 2 fully saturated rings. The monoisotopic (exact) mass is 262 g/mol. The summed E-state index contributed by atoms with van der Waals surface area (Å²) in [4.78, 5) is 0. The van der Waals surface area contributed by atoms with E-state index < -0.39 is 0 Å². The summed E-state index contributed by atoms with van der Waals surface area (Å²) in [5.74, 6) is 1.57. The van der Waals surface area contributed by atoms with Crippen molar-refractivity contribution in [3.8, 4) is 5.75 Å². The number of rotatable bonds is 5. The van der Waals surface area contributed by atoms with E-state index in [0.29, 0.717) is 5.92 Å². The number of para-hydroxylation sites is 1. The van der Waals surface area contributed by atoms with Crippen molar-refractivity contribution in [1.82, 2.24) is 0 Å². The van der Waals surface area contributed by atoms with E-state index in [4.69, 9.17) is 9.47 Å². The lowest BCUT2D eigenvalue weighted by Gasteiger charge is -2.33. The predicted molar refractivity (Wildman–Crippen MR) is 73.3 cm³/mol. The molecule has 19 heavy (non-hydrogen) atoms. The Balaban J connectivity index is 1.86. The van der Waals surface area contributed by atoms with Gasteiger partial charge in [0.2, 0.25) is 0 Å². The first-order chi connectivity index (χ1) is 9.29. The molecule has 0 spiro atoms. The van der Waals surface area contributed by atoms with Crippen LogP contribution in [0.15, 0.2) is 24.3 Å². The average Bonchev–Trinajstić information content (AvgIpc) is 3.21. The van der Waals surface area contributed by atoms with Gasteiger partial charge in [-0.3, -0.25) is 0 Å². The SMILES string of the molecule is COc1ccccc1CC1(CO)CCOC1C1CC1. The first kappa shape index (κ1) is 12.9. The fourth-order valence-corrected chi connectivity index (χ4v) is 3.39. The van der Waals surface area contributed by atoms with Gasteiger partial charge in [0, 0.05) is 12.0 Å². The highest BCUT2D eigenvalue weighted by atomic mass is 16.5. The Labute approximate surface area is 114 Å². The fourth-order valence-electron chi connectivity index (χ4n) is 3.39. The topological polar surface area (TPSA) is 38.7 Å². The van der Waals surface area contributed by atoms with Crippen LogP contribution in [-0.4, -0.2) is 31.5 Å². The first-order valence-electron chi connectivity index (χ1n) is 7.13. The molecule has 0 amide bonds. The molecule has 1 aromatic rings. The van der Waals surface area contributed by atoms with Crippen molar-refractivity contribution in [3.05, 3.63) is 29.8 Å². The highest BCUT2D eigenvalue weighted by Gasteiger charge is 2.50. The largest absolute Gasteiger partial charge is 0.496 e. The molecule has 104 valence electrons. The standard InChI is InChI=1S/C16H22O3/c1-18-14-5-3-2-4-13(14)10-16(11-17)8-9-19-15(16)12-6-7-12/h2-5,12,15,17H,6-11H2,1H3. The number of ether oxygens (including phenoxy) is 2. The van der Waals surface area contributed by atoms with Crippen molar-refractivity contribution >= 4 is 0 Å². The minimum absolute atomic E-state index is 0.115. The Morgan fingerprint density at radius 2 is 2.16 bits per heavy atom. The third-order valence-corrected chi connectivity index (χ3v) is 4.60. The van der Waals surface area contributed by atoms with Crippen molar-refractivity contribution in [3.63, 3.8) is 0 Å². The second kappa shape index (κ2) is 5.14. The van der Waals surface area contributed by atoms with E-state index in [1.165, 1.54) is 18.4 Å². The van der Waals surface area contributed by atoms with Gasteiger partial charge in [0.05, 0.1) is 19.8 Å². The maximum absolute atomic E-state index is 9.97. The molecule has 1 saturated carbocycles. The van der Waals surface area contributed by atoms with Gasteiger partial charge in [-0.05, 0) is 43.2 Å². The van der Waals surface area contributed by atoms with Crippen LogP contribution in [0.3, 0.4) is 0 Å². The number of methoxy groups -OCH3 is 1. The van der Waals surface area contributed by atoms with Gasteiger partial charge in [-0.15, -0.1) is 0 Å². The highest BCUT2D eigenvalue weighted by molar-refractivity contribution is 5.34. The number of aliphatic hydroxyl groups is 1. The minimum Gasteiger partial charge on any atom is -0.496 e. The van der Waals surface area contributed by atoms with E-state index in [-0.39, 0.29) is 18.1 Å². The molecule has 1 N–H and O–H groups in total. The molecule has 1 aromatic carbocycles. The van der Waals surface area contributed by atoms with Crippen molar-refractivity contribution < 1.29 is 14.6 Å². The lowest BCUT2D eigenvalue weighted by atomic mass is 9.74. The minimum atomic E-state index is -0.115. The molecule has 3 nitrogen and oxygen atoms in total. The second-order valence-corrected chi connectivity index (χ2v) is 5.89. The smallest absolute Gasteiger partial charge is 0.122 e. The van der Waals surface area contributed by atoms with Crippen LogP contribution in [-0.2, 0) is 11.2 Å². The molecule has 1 heterocycles. The van der Waals surface area contributed by atoms with Crippen LogP contribution in [0, 0.1) is 11.3 Å². The van der Waals surface area contributed by atoms with E-state index in [1.54, 1.807) is 7.11 Å². The van der Waals surface area contributed by atoms with Crippen LogP contribution < -0.4 is 4.74 Å². The number of hydrogen-bond acceptors (Lipinski definition) is 3. The lowest BCUT2D eigenvalue weighted by Crippen LogP contribution is -2.38. The molecule has 0 radical (unpaired) electrons. The van der Waals surface area contributed by atoms with Gasteiger partial charge in [-0.25, -0.2) is 0 Å². The van der Waals surface area contributed by atoms with Crippen molar-refractivity contribution in [2.75, 3.05) is 20.3 Å². The molecule has 0 bridgehead atoms. The third kappa shape index (κ3) is 2.37. The summed E-state index contributed by atoms with van der Waals surface area (Å²) in [7, 11) is 1.70.